The summed E-state index contributed by atoms with van der Waals surface area (Å²) in [6, 6.07) is 1.58. The smallest absolute Gasteiger partial charge is 0.258 e. The van der Waals surface area contributed by atoms with Crippen LogP contribution in [0.3, 0.4) is 0 Å². The van der Waals surface area contributed by atoms with Gasteiger partial charge in [0.25, 0.3) is 5.91 Å². The fraction of sp³-hybridized carbons (Fsp3) is 0.500. The fourth-order valence-corrected chi connectivity index (χ4v) is 2.64. The summed E-state index contributed by atoms with van der Waals surface area (Å²) in [6.07, 6.45) is 4.44. The number of amides is 1. The van der Waals surface area contributed by atoms with Crippen molar-refractivity contribution in [2.75, 3.05) is 6.54 Å². The Kier molecular flexibility index (Phi) is 3.30. The van der Waals surface area contributed by atoms with E-state index in [9.17, 15) is 4.79 Å². The van der Waals surface area contributed by atoms with Gasteiger partial charge in [0, 0.05) is 6.54 Å². The van der Waals surface area contributed by atoms with Gasteiger partial charge in [0.2, 0.25) is 5.89 Å². The number of rotatable bonds is 2. The molecule has 1 aliphatic heterocycles. The standard InChI is InChI=1S/C14H17N3O3/c1-9-11(6-8-19-9)14(18)17-7-4-3-5-12(17)13-15-10(2)16-20-13/h6,8,12H,3-5,7H2,1-2H3/t12-/m1/s1. The molecule has 0 spiro atoms. The Morgan fingerprint density at radius 3 is 2.90 bits per heavy atom. The number of piperidine rings is 1. The zero-order chi connectivity index (χ0) is 14.1. The Labute approximate surface area is 116 Å². The third-order valence-electron chi connectivity index (χ3n) is 3.68. The average Bonchev–Trinajstić information content (AvgIpc) is 3.07. The van der Waals surface area contributed by atoms with Gasteiger partial charge in [-0.05, 0) is 39.2 Å². The summed E-state index contributed by atoms with van der Waals surface area (Å²) in [6.45, 7) is 4.28. The van der Waals surface area contributed by atoms with Crippen molar-refractivity contribution in [1.82, 2.24) is 15.0 Å². The van der Waals surface area contributed by atoms with Crippen molar-refractivity contribution in [2.45, 2.75) is 39.2 Å². The topological polar surface area (TPSA) is 72.4 Å². The van der Waals surface area contributed by atoms with E-state index in [1.54, 1.807) is 26.2 Å². The van der Waals surface area contributed by atoms with Crippen LogP contribution in [0.4, 0.5) is 0 Å². The first-order valence-electron chi connectivity index (χ1n) is 6.82. The highest BCUT2D eigenvalue weighted by molar-refractivity contribution is 5.95. The first-order chi connectivity index (χ1) is 9.66. The van der Waals surface area contributed by atoms with E-state index in [-0.39, 0.29) is 11.9 Å². The SMILES string of the molecule is Cc1noc([C@H]2CCCCN2C(=O)c2ccoc2C)n1. The van der Waals surface area contributed by atoms with Gasteiger partial charge in [-0.1, -0.05) is 5.16 Å². The fourth-order valence-electron chi connectivity index (χ4n) is 2.64. The van der Waals surface area contributed by atoms with E-state index in [0.717, 1.165) is 19.3 Å². The lowest BCUT2D eigenvalue weighted by atomic mass is 10.0. The predicted octanol–water partition coefficient (Wildman–Crippen LogP) is 2.65. The number of likely N-dealkylation sites (tertiary alicyclic amines) is 1. The van der Waals surface area contributed by atoms with Crippen LogP contribution in [0.5, 0.6) is 0 Å². The lowest BCUT2D eigenvalue weighted by Gasteiger charge is -2.33. The molecule has 1 atom stereocenters. The number of aromatic nitrogens is 2. The molecule has 3 rings (SSSR count). The van der Waals surface area contributed by atoms with Crippen LogP contribution in [-0.4, -0.2) is 27.5 Å². The van der Waals surface area contributed by atoms with E-state index >= 15 is 0 Å². The molecule has 6 heteroatoms. The van der Waals surface area contributed by atoms with Crippen LogP contribution in [0, 0.1) is 13.8 Å². The third kappa shape index (κ3) is 2.21. The minimum absolute atomic E-state index is 0.0307. The molecule has 0 aromatic carbocycles. The van der Waals surface area contributed by atoms with Crippen LogP contribution >= 0.6 is 0 Å². The molecule has 1 fully saturated rings. The van der Waals surface area contributed by atoms with E-state index in [1.807, 2.05) is 4.90 Å². The van der Waals surface area contributed by atoms with Gasteiger partial charge < -0.3 is 13.8 Å². The van der Waals surface area contributed by atoms with Crippen LogP contribution in [0.15, 0.2) is 21.3 Å². The Hall–Kier alpha value is -2.11. The number of hydrogen-bond donors (Lipinski definition) is 0. The maximum Gasteiger partial charge on any atom is 0.258 e. The minimum Gasteiger partial charge on any atom is -0.469 e. The molecule has 0 saturated carbocycles. The van der Waals surface area contributed by atoms with E-state index in [4.69, 9.17) is 8.94 Å². The van der Waals surface area contributed by atoms with E-state index < -0.39 is 0 Å². The molecule has 3 heterocycles. The van der Waals surface area contributed by atoms with E-state index in [0.29, 0.717) is 29.6 Å². The summed E-state index contributed by atoms with van der Waals surface area (Å²) >= 11 is 0. The van der Waals surface area contributed by atoms with Crippen molar-refractivity contribution in [3.63, 3.8) is 0 Å². The molecular formula is C14H17N3O3. The molecule has 20 heavy (non-hydrogen) atoms. The molecule has 6 nitrogen and oxygen atoms in total. The normalized spacial score (nSPS) is 19.3. The lowest BCUT2D eigenvalue weighted by Crippen LogP contribution is -2.38. The molecule has 0 N–H and O–H groups in total. The second-order valence-corrected chi connectivity index (χ2v) is 5.08. The molecule has 1 aliphatic rings. The molecule has 0 bridgehead atoms. The van der Waals surface area contributed by atoms with E-state index in [1.165, 1.54) is 0 Å². The Bertz CT molecular complexity index is 617. The van der Waals surface area contributed by atoms with Crippen LogP contribution in [-0.2, 0) is 0 Å². The maximum absolute atomic E-state index is 12.6. The second-order valence-electron chi connectivity index (χ2n) is 5.08. The Morgan fingerprint density at radius 1 is 1.40 bits per heavy atom. The van der Waals surface area contributed by atoms with Crippen LogP contribution in [0.2, 0.25) is 0 Å². The summed E-state index contributed by atoms with van der Waals surface area (Å²) in [4.78, 5) is 18.7. The number of furan rings is 1. The lowest BCUT2D eigenvalue weighted by molar-refractivity contribution is 0.0559. The highest BCUT2D eigenvalue weighted by Gasteiger charge is 2.33. The van der Waals surface area contributed by atoms with Gasteiger partial charge in [-0.3, -0.25) is 4.79 Å². The van der Waals surface area contributed by atoms with Gasteiger partial charge >= 0.3 is 0 Å². The molecule has 0 unspecified atom stereocenters. The molecule has 106 valence electrons. The molecule has 2 aromatic rings. The van der Waals surface area contributed by atoms with Crippen LogP contribution in [0.25, 0.3) is 0 Å². The molecule has 1 amide bonds. The first-order valence-corrected chi connectivity index (χ1v) is 6.82. The molecule has 2 aromatic heterocycles. The summed E-state index contributed by atoms with van der Waals surface area (Å²) in [5, 5.41) is 3.82. The number of carbonyl (C=O) groups is 1. The van der Waals surface area contributed by atoms with Gasteiger partial charge in [-0.15, -0.1) is 0 Å². The summed E-state index contributed by atoms with van der Waals surface area (Å²) < 4.78 is 10.5. The van der Waals surface area contributed by atoms with E-state index in [2.05, 4.69) is 10.1 Å². The number of hydrogen-bond acceptors (Lipinski definition) is 5. The second kappa shape index (κ2) is 5.11. The van der Waals surface area contributed by atoms with Gasteiger partial charge in [-0.25, -0.2) is 0 Å². The maximum atomic E-state index is 12.6. The van der Waals surface area contributed by atoms with Crippen molar-refractivity contribution in [1.29, 1.82) is 0 Å². The molecular weight excluding hydrogens is 258 g/mol. The molecule has 0 radical (unpaired) electrons. The quantitative estimate of drug-likeness (QED) is 0.842. The molecule has 0 aliphatic carbocycles. The average molecular weight is 275 g/mol. The monoisotopic (exact) mass is 275 g/mol. The largest absolute Gasteiger partial charge is 0.469 e. The van der Waals surface area contributed by atoms with Gasteiger partial charge in [0.05, 0.1) is 11.8 Å². The highest BCUT2D eigenvalue weighted by Crippen LogP contribution is 2.31. The predicted molar refractivity (Wildman–Crippen MR) is 70.1 cm³/mol. The van der Waals surface area contributed by atoms with Crippen molar-refractivity contribution >= 4 is 5.91 Å². The highest BCUT2D eigenvalue weighted by atomic mass is 16.5. The van der Waals surface area contributed by atoms with Crippen LogP contribution < -0.4 is 0 Å². The van der Waals surface area contributed by atoms with Crippen molar-refractivity contribution < 1.29 is 13.7 Å². The Balaban J connectivity index is 1.89. The van der Waals surface area contributed by atoms with Gasteiger partial charge in [-0.2, -0.15) is 4.98 Å². The zero-order valence-electron chi connectivity index (χ0n) is 11.6. The van der Waals surface area contributed by atoms with Crippen molar-refractivity contribution in [2.24, 2.45) is 0 Å². The van der Waals surface area contributed by atoms with Crippen LogP contribution in [0.1, 0.15) is 53.1 Å². The minimum atomic E-state index is -0.133. The summed E-state index contributed by atoms with van der Waals surface area (Å²) in [7, 11) is 0. The van der Waals surface area contributed by atoms with Gasteiger partial charge in [0.15, 0.2) is 5.82 Å². The van der Waals surface area contributed by atoms with Gasteiger partial charge in [0.1, 0.15) is 11.8 Å². The Morgan fingerprint density at radius 2 is 2.25 bits per heavy atom. The first kappa shape index (κ1) is 12.9. The summed E-state index contributed by atoms with van der Waals surface area (Å²) in [5.41, 5.74) is 0.605. The third-order valence-corrected chi connectivity index (χ3v) is 3.68. The number of carbonyl (C=O) groups excluding carboxylic acids is 1. The molecule has 1 saturated heterocycles. The summed E-state index contributed by atoms with van der Waals surface area (Å²) in [5.74, 6) is 1.73. The number of aryl methyl sites for hydroxylation is 2. The zero-order valence-corrected chi connectivity index (χ0v) is 11.6. The van der Waals surface area contributed by atoms with Crippen molar-refractivity contribution in [3.05, 3.63) is 35.4 Å². The van der Waals surface area contributed by atoms with Crippen molar-refractivity contribution in [3.8, 4) is 0 Å². The number of nitrogens with zero attached hydrogens (tertiary/aromatic N) is 3.